The van der Waals surface area contributed by atoms with Crippen LogP contribution in [-0.2, 0) is 9.59 Å². The third-order valence-electron chi connectivity index (χ3n) is 4.56. The lowest BCUT2D eigenvalue weighted by Gasteiger charge is -2.14. The summed E-state index contributed by atoms with van der Waals surface area (Å²) in [5.41, 5.74) is 1.02. The Labute approximate surface area is 194 Å². The molecular weight excluding hydrogens is 459 g/mol. The number of hydrogen-bond donors (Lipinski definition) is 2. The molecular formula is C22H20ClFN2O3S2. The fourth-order valence-electron chi connectivity index (χ4n) is 2.96. The van der Waals surface area contributed by atoms with Gasteiger partial charge in [-0.25, -0.2) is 4.39 Å². The lowest BCUT2D eigenvalue weighted by Crippen LogP contribution is -2.29. The van der Waals surface area contributed by atoms with Crippen molar-refractivity contribution >= 4 is 63.5 Å². The highest BCUT2D eigenvalue weighted by Gasteiger charge is 2.31. The number of aromatic hydroxyl groups is 1. The van der Waals surface area contributed by atoms with Crippen molar-refractivity contribution in [1.82, 2.24) is 4.90 Å². The SMILES string of the molecule is O=C(CCCCCN1C(=O)/C(=C/c2cc(Cl)ccc2O)SC1=S)Nc1ccc(F)cc1. The highest BCUT2D eigenvalue weighted by atomic mass is 35.5. The van der Waals surface area contributed by atoms with E-state index in [4.69, 9.17) is 23.8 Å². The minimum absolute atomic E-state index is 0.0357. The molecule has 5 nitrogen and oxygen atoms in total. The first-order valence-electron chi connectivity index (χ1n) is 9.63. The number of nitrogens with zero attached hydrogens (tertiary/aromatic N) is 1. The van der Waals surface area contributed by atoms with Gasteiger partial charge in [0.1, 0.15) is 15.9 Å². The van der Waals surface area contributed by atoms with E-state index in [0.29, 0.717) is 51.3 Å². The van der Waals surface area contributed by atoms with Crippen LogP contribution in [0.3, 0.4) is 0 Å². The first-order chi connectivity index (χ1) is 14.8. The van der Waals surface area contributed by atoms with Crippen LogP contribution in [0.25, 0.3) is 6.08 Å². The van der Waals surface area contributed by atoms with Crippen molar-refractivity contribution in [3.8, 4) is 5.75 Å². The minimum atomic E-state index is -0.354. The number of benzene rings is 2. The molecule has 1 saturated heterocycles. The molecule has 162 valence electrons. The van der Waals surface area contributed by atoms with E-state index in [2.05, 4.69) is 5.32 Å². The number of thioether (sulfide) groups is 1. The minimum Gasteiger partial charge on any atom is -0.507 e. The summed E-state index contributed by atoms with van der Waals surface area (Å²) in [7, 11) is 0. The molecule has 0 unspecified atom stereocenters. The summed E-state index contributed by atoms with van der Waals surface area (Å²) in [5.74, 6) is -0.661. The van der Waals surface area contributed by atoms with Gasteiger partial charge in [0, 0.05) is 29.2 Å². The highest BCUT2D eigenvalue weighted by Crippen LogP contribution is 2.34. The van der Waals surface area contributed by atoms with E-state index in [0.717, 1.165) is 6.42 Å². The Morgan fingerprint density at radius 1 is 1.19 bits per heavy atom. The van der Waals surface area contributed by atoms with Gasteiger partial charge in [-0.15, -0.1) is 0 Å². The second kappa shape index (κ2) is 10.7. The van der Waals surface area contributed by atoms with E-state index in [9.17, 15) is 19.1 Å². The van der Waals surface area contributed by atoms with Crippen molar-refractivity contribution < 1.29 is 19.1 Å². The zero-order valence-electron chi connectivity index (χ0n) is 16.4. The number of carbonyl (C=O) groups excluding carboxylic acids is 2. The average Bonchev–Trinajstić information content (AvgIpc) is 2.99. The Hall–Kier alpha value is -2.42. The highest BCUT2D eigenvalue weighted by molar-refractivity contribution is 8.26. The molecule has 0 aliphatic carbocycles. The molecule has 2 amide bonds. The lowest BCUT2D eigenvalue weighted by atomic mass is 10.1. The van der Waals surface area contributed by atoms with Crippen molar-refractivity contribution in [2.45, 2.75) is 25.7 Å². The molecule has 2 aromatic carbocycles. The Morgan fingerprint density at radius 3 is 2.68 bits per heavy atom. The van der Waals surface area contributed by atoms with E-state index in [1.807, 2.05) is 0 Å². The summed E-state index contributed by atoms with van der Waals surface area (Å²) in [5, 5.41) is 13.1. The van der Waals surface area contributed by atoms with Crippen molar-refractivity contribution in [1.29, 1.82) is 0 Å². The molecule has 31 heavy (non-hydrogen) atoms. The van der Waals surface area contributed by atoms with Gasteiger partial charge in [0.2, 0.25) is 5.91 Å². The van der Waals surface area contributed by atoms with Gasteiger partial charge in [0.15, 0.2) is 0 Å². The molecule has 0 bridgehead atoms. The molecule has 0 aromatic heterocycles. The van der Waals surface area contributed by atoms with Crippen LogP contribution in [-0.4, -0.2) is 32.7 Å². The molecule has 0 saturated carbocycles. The molecule has 9 heteroatoms. The number of unbranched alkanes of at least 4 members (excludes halogenated alkanes) is 2. The van der Waals surface area contributed by atoms with E-state index in [1.54, 1.807) is 18.2 Å². The number of rotatable bonds is 8. The van der Waals surface area contributed by atoms with Gasteiger partial charge in [-0.3, -0.25) is 14.5 Å². The fraction of sp³-hybridized carbons (Fsp3) is 0.227. The van der Waals surface area contributed by atoms with Gasteiger partial charge in [-0.2, -0.15) is 0 Å². The Kier molecular flexibility index (Phi) is 8.06. The van der Waals surface area contributed by atoms with Gasteiger partial charge in [-0.05, 0) is 61.4 Å². The Morgan fingerprint density at radius 2 is 1.94 bits per heavy atom. The number of anilines is 1. The van der Waals surface area contributed by atoms with E-state index in [-0.39, 0.29) is 23.4 Å². The summed E-state index contributed by atoms with van der Waals surface area (Å²) in [6, 6.07) is 10.2. The first kappa shape index (κ1) is 23.2. The zero-order valence-corrected chi connectivity index (χ0v) is 18.8. The van der Waals surface area contributed by atoms with Gasteiger partial charge in [-0.1, -0.05) is 42.0 Å². The second-order valence-corrected chi connectivity index (χ2v) is 9.01. The largest absolute Gasteiger partial charge is 0.507 e. The van der Waals surface area contributed by atoms with Crippen LogP contribution >= 0.6 is 35.6 Å². The Balaban J connectivity index is 1.44. The van der Waals surface area contributed by atoms with Crippen molar-refractivity contribution in [2.24, 2.45) is 0 Å². The van der Waals surface area contributed by atoms with Crippen molar-refractivity contribution in [3.05, 3.63) is 63.8 Å². The standard InChI is InChI=1S/C22H20ClFN2O3S2/c23-15-5-10-18(27)14(12-15)13-19-21(29)26(22(30)31-19)11-3-1-2-4-20(28)25-17-8-6-16(24)7-9-17/h5-10,12-13,27H,1-4,11H2,(H,25,28)/b19-13-. The van der Waals surface area contributed by atoms with Crippen molar-refractivity contribution in [2.75, 3.05) is 11.9 Å². The van der Waals surface area contributed by atoms with Crippen LogP contribution in [0.1, 0.15) is 31.2 Å². The normalized spacial score (nSPS) is 15.0. The number of hydrogen-bond acceptors (Lipinski definition) is 5. The smallest absolute Gasteiger partial charge is 0.266 e. The molecule has 0 radical (unpaired) electrons. The number of halogens is 2. The molecule has 1 aliphatic rings. The predicted octanol–water partition coefficient (Wildman–Crippen LogP) is 5.59. The summed E-state index contributed by atoms with van der Waals surface area (Å²) >= 11 is 12.5. The molecule has 0 spiro atoms. The topological polar surface area (TPSA) is 69.6 Å². The van der Waals surface area contributed by atoms with Crippen LogP contribution in [0.5, 0.6) is 5.75 Å². The van der Waals surface area contributed by atoms with Crippen LogP contribution in [0.15, 0.2) is 47.4 Å². The van der Waals surface area contributed by atoms with Gasteiger partial charge < -0.3 is 10.4 Å². The van der Waals surface area contributed by atoms with E-state index in [1.165, 1.54) is 47.0 Å². The van der Waals surface area contributed by atoms with Crippen LogP contribution in [0, 0.1) is 5.82 Å². The summed E-state index contributed by atoms with van der Waals surface area (Å²) in [6.07, 6.45) is 4.03. The quantitative estimate of drug-likeness (QED) is 0.294. The van der Waals surface area contributed by atoms with Crippen molar-refractivity contribution in [3.63, 3.8) is 0 Å². The van der Waals surface area contributed by atoms with Gasteiger partial charge in [0.25, 0.3) is 5.91 Å². The molecule has 1 heterocycles. The fourth-order valence-corrected chi connectivity index (χ4v) is 4.44. The van der Waals surface area contributed by atoms with Crippen LogP contribution < -0.4 is 5.32 Å². The number of nitrogens with one attached hydrogen (secondary N) is 1. The summed E-state index contributed by atoms with van der Waals surface area (Å²) in [4.78, 5) is 26.6. The van der Waals surface area contributed by atoms with Crippen LogP contribution in [0.2, 0.25) is 5.02 Å². The maximum Gasteiger partial charge on any atom is 0.266 e. The maximum absolute atomic E-state index is 12.9. The molecule has 1 fully saturated rings. The predicted molar refractivity (Wildman–Crippen MR) is 126 cm³/mol. The summed E-state index contributed by atoms with van der Waals surface area (Å²) < 4.78 is 13.4. The number of amides is 2. The summed E-state index contributed by atoms with van der Waals surface area (Å²) in [6.45, 7) is 0.461. The average molecular weight is 479 g/mol. The number of thiocarbonyl (C=S) groups is 1. The van der Waals surface area contributed by atoms with E-state index < -0.39 is 0 Å². The lowest BCUT2D eigenvalue weighted by molar-refractivity contribution is -0.122. The third-order valence-corrected chi connectivity index (χ3v) is 6.18. The zero-order chi connectivity index (χ0) is 22.4. The number of carbonyl (C=O) groups is 2. The second-order valence-electron chi connectivity index (χ2n) is 6.90. The molecule has 3 rings (SSSR count). The Bertz CT molecular complexity index is 1030. The van der Waals surface area contributed by atoms with E-state index >= 15 is 0 Å². The molecule has 2 aromatic rings. The molecule has 1 aliphatic heterocycles. The maximum atomic E-state index is 12.9. The third kappa shape index (κ3) is 6.53. The van der Waals surface area contributed by atoms with Crippen LogP contribution in [0.4, 0.5) is 10.1 Å². The molecule has 2 N–H and O–H groups in total. The number of phenolic OH excluding ortho intramolecular Hbond substituents is 1. The number of phenols is 1. The molecule has 0 atom stereocenters. The van der Waals surface area contributed by atoms with Gasteiger partial charge >= 0.3 is 0 Å². The van der Waals surface area contributed by atoms with Gasteiger partial charge in [0.05, 0.1) is 4.91 Å². The monoisotopic (exact) mass is 478 g/mol. The first-order valence-corrected chi connectivity index (χ1v) is 11.2.